The van der Waals surface area contributed by atoms with Crippen LogP contribution in [-0.2, 0) is 16.0 Å². The van der Waals surface area contributed by atoms with Gasteiger partial charge in [0.05, 0.1) is 5.69 Å². The number of carbonyl (C=O) groups excluding carboxylic acids is 2. The van der Waals surface area contributed by atoms with Crippen LogP contribution in [-0.4, -0.2) is 33.7 Å². The lowest BCUT2D eigenvalue weighted by molar-refractivity contribution is -0.129. The Bertz CT molecular complexity index is 1110. The largest absolute Gasteiger partial charge is 0.325 e. The molecule has 3 aromatic carbocycles. The van der Waals surface area contributed by atoms with Crippen molar-refractivity contribution in [3.63, 3.8) is 0 Å². The number of nitrogens with one attached hydrogen (secondary N) is 1. The minimum absolute atomic E-state index is 0.0860. The predicted molar refractivity (Wildman–Crippen MR) is 139 cm³/mol. The second kappa shape index (κ2) is 10.8. The molecular weight excluding hydrogens is 533 g/mol. The van der Waals surface area contributed by atoms with Gasteiger partial charge in [0, 0.05) is 22.2 Å². The number of amides is 2. The Kier molecular flexibility index (Phi) is 7.59. The van der Waals surface area contributed by atoms with Crippen molar-refractivity contribution in [2.24, 2.45) is 4.99 Å². The summed E-state index contributed by atoms with van der Waals surface area (Å²) in [6, 6.07) is 27.2. The fraction of sp³-hybridized carbons (Fsp3) is 0.160. The molecule has 0 spiro atoms. The fourth-order valence-electron chi connectivity index (χ4n) is 3.32. The van der Waals surface area contributed by atoms with E-state index in [1.165, 1.54) is 11.8 Å². The molecule has 1 atom stereocenters. The van der Waals surface area contributed by atoms with Crippen LogP contribution in [0, 0.1) is 3.57 Å². The monoisotopic (exact) mass is 555 g/mol. The van der Waals surface area contributed by atoms with Crippen molar-refractivity contribution in [1.29, 1.82) is 0 Å². The van der Waals surface area contributed by atoms with Crippen molar-refractivity contribution in [3.8, 4) is 0 Å². The van der Waals surface area contributed by atoms with Gasteiger partial charge in [0.2, 0.25) is 11.8 Å². The number of thioether (sulfide) groups is 1. The van der Waals surface area contributed by atoms with E-state index in [2.05, 4.69) is 27.9 Å². The summed E-state index contributed by atoms with van der Waals surface area (Å²) in [5, 5.41) is 2.96. The molecule has 1 aliphatic heterocycles. The number of halogens is 1. The van der Waals surface area contributed by atoms with Gasteiger partial charge in [-0.05, 0) is 71.0 Å². The Hall–Kier alpha value is -2.65. The number of aliphatic imine (C=N–C) groups is 1. The summed E-state index contributed by atoms with van der Waals surface area (Å²) >= 11 is 3.57. The van der Waals surface area contributed by atoms with Gasteiger partial charge in [0.1, 0.15) is 5.25 Å². The van der Waals surface area contributed by atoms with Crippen molar-refractivity contribution in [1.82, 2.24) is 4.90 Å². The zero-order chi connectivity index (χ0) is 22.3. The Labute approximate surface area is 205 Å². The van der Waals surface area contributed by atoms with E-state index in [0.29, 0.717) is 11.7 Å². The lowest BCUT2D eigenvalue weighted by Gasteiger charge is -2.32. The number of benzene rings is 3. The highest BCUT2D eigenvalue weighted by Crippen LogP contribution is 2.30. The van der Waals surface area contributed by atoms with Gasteiger partial charge in [-0.2, -0.15) is 0 Å². The normalized spacial score (nSPS) is 17.4. The highest BCUT2D eigenvalue weighted by Gasteiger charge is 2.35. The molecule has 1 fully saturated rings. The summed E-state index contributed by atoms with van der Waals surface area (Å²) in [5.41, 5.74) is 2.63. The maximum Gasteiger partial charge on any atom is 0.238 e. The summed E-state index contributed by atoms with van der Waals surface area (Å²) in [4.78, 5) is 32.4. The molecule has 7 heteroatoms. The third-order valence-corrected chi connectivity index (χ3v) is 6.90. The first kappa shape index (κ1) is 22.5. The minimum atomic E-state index is -0.530. The third-order valence-electron chi connectivity index (χ3n) is 4.99. The molecule has 1 heterocycles. The van der Waals surface area contributed by atoms with Gasteiger partial charge in [-0.1, -0.05) is 60.3 Å². The first-order valence-electron chi connectivity index (χ1n) is 10.3. The average Bonchev–Trinajstić information content (AvgIpc) is 2.81. The van der Waals surface area contributed by atoms with Gasteiger partial charge in [-0.15, -0.1) is 0 Å². The van der Waals surface area contributed by atoms with E-state index >= 15 is 0 Å². The molecule has 4 rings (SSSR count). The van der Waals surface area contributed by atoms with Crippen LogP contribution in [0.5, 0.6) is 0 Å². The van der Waals surface area contributed by atoms with Gasteiger partial charge in [-0.3, -0.25) is 14.5 Å². The van der Waals surface area contributed by atoms with E-state index in [1.54, 1.807) is 4.90 Å². The van der Waals surface area contributed by atoms with Gasteiger partial charge in [0.25, 0.3) is 0 Å². The lowest BCUT2D eigenvalue weighted by Crippen LogP contribution is -2.46. The van der Waals surface area contributed by atoms with Crippen LogP contribution >= 0.6 is 34.4 Å². The molecule has 0 aromatic heterocycles. The van der Waals surface area contributed by atoms with Crippen LogP contribution in [0.3, 0.4) is 0 Å². The van der Waals surface area contributed by atoms with Crippen LogP contribution in [0.15, 0.2) is 89.9 Å². The lowest BCUT2D eigenvalue weighted by atomic mass is 10.1. The number of hydrogen-bond donors (Lipinski definition) is 1. The predicted octanol–water partition coefficient (Wildman–Crippen LogP) is 5.49. The smallest absolute Gasteiger partial charge is 0.238 e. The second-order valence-electron chi connectivity index (χ2n) is 7.32. The zero-order valence-electron chi connectivity index (χ0n) is 17.3. The average molecular weight is 555 g/mol. The standard InChI is InChI=1S/C25H22IN3O2S/c26-19-11-13-21(14-12-19)27-24(31)22-17-23(30)29(16-15-18-7-3-1-4-8-18)25(32-22)28-20-9-5-2-6-10-20/h1-14,22H,15-17H2,(H,27,31). The molecule has 1 saturated heterocycles. The maximum absolute atomic E-state index is 13.1. The number of hydrogen-bond acceptors (Lipinski definition) is 4. The third kappa shape index (κ3) is 5.98. The number of carbonyl (C=O) groups is 2. The minimum Gasteiger partial charge on any atom is -0.325 e. The fourth-order valence-corrected chi connectivity index (χ4v) is 4.80. The molecule has 1 aliphatic rings. The van der Waals surface area contributed by atoms with E-state index in [9.17, 15) is 9.59 Å². The summed E-state index contributed by atoms with van der Waals surface area (Å²) in [7, 11) is 0. The maximum atomic E-state index is 13.1. The number of para-hydroxylation sites is 1. The van der Waals surface area contributed by atoms with Gasteiger partial charge in [-0.25, -0.2) is 4.99 Å². The molecule has 5 nitrogen and oxygen atoms in total. The second-order valence-corrected chi connectivity index (χ2v) is 9.73. The Balaban J connectivity index is 1.53. The molecule has 2 amide bonds. The Morgan fingerprint density at radius 3 is 2.34 bits per heavy atom. The topological polar surface area (TPSA) is 61.8 Å². The molecule has 32 heavy (non-hydrogen) atoms. The summed E-state index contributed by atoms with van der Waals surface area (Å²) < 4.78 is 1.09. The highest BCUT2D eigenvalue weighted by molar-refractivity contribution is 14.1. The van der Waals surface area contributed by atoms with E-state index in [-0.39, 0.29) is 18.2 Å². The molecule has 3 aromatic rings. The molecule has 0 aliphatic carbocycles. The van der Waals surface area contributed by atoms with E-state index in [1.807, 2.05) is 84.9 Å². The highest BCUT2D eigenvalue weighted by atomic mass is 127. The number of nitrogens with zero attached hydrogens (tertiary/aromatic N) is 2. The quantitative estimate of drug-likeness (QED) is 0.409. The molecule has 0 bridgehead atoms. The number of amidine groups is 1. The van der Waals surface area contributed by atoms with Crippen molar-refractivity contribution in [2.75, 3.05) is 11.9 Å². The molecule has 1 unspecified atom stereocenters. The molecular formula is C25H22IN3O2S. The van der Waals surface area contributed by atoms with Crippen LogP contribution < -0.4 is 5.32 Å². The van der Waals surface area contributed by atoms with Crippen molar-refractivity contribution in [3.05, 3.63) is 94.1 Å². The van der Waals surface area contributed by atoms with E-state index < -0.39 is 5.25 Å². The van der Waals surface area contributed by atoms with E-state index in [0.717, 1.165) is 26.9 Å². The first-order chi connectivity index (χ1) is 15.6. The van der Waals surface area contributed by atoms with Gasteiger partial charge >= 0.3 is 0 Å². The van der Waals surface area contributed by atoms with Gasteiger partial charge < -0.3 is 5.32 Å². The number of anilines is 1. The molecule has 0 saturated carbocycles. The van der Waals surface area contributed by atoms with Crippen LogP contribution in [0.25, 0.3) is 0 Å². The summed E-state index contributed by atoms with van der Waals surface area (Å²) in [5.74, 6) is -0.273. The molecule has 1 N–H and O–H groups in total. The van der Waals surface area contributed by atoms with Crippen molar-refractivity contribution >= 4 is 62.7 Å². The van der Waals surface area contributed by atoms with Crippen LogP contribution in [0.1, 0.15) is 12.0 Å². The van der Waals surface area contributed by atoms with Crippen molar-refractivity contribution in [2.45, 2.75) is 18.1 Å². The van der Waals surface area contributed by atoms with Crippen LogP contribution in [0.4, 0.5) is 11.4 Å². The summed E-state index contributed by atoms with van der Waals surface area (Å²) in [6.07, 6.45) is 0.865. The SMILES string of the molecule is O=C(Nc1ccc(I)cc1)C1CC(=O)N(CCc2ccccc2)C(=Nc2ccccc2)S1. The van der Waals surface area contributed by atoms with Crippen molar-refractivity contribution < 1.29 is 9.59 Å². The van der Waals surface area contributed by atoms with E-state index in [4.69, 9.17) is 4.99 Å². The Morgan fingerprint density at radius 2 is 1.66 bits per heavy atom. The molecule has 0 radical (unpaired) electrons. The van der Waals surface area contributed by atoms with Crippen LogP contribution in [0.2, 0.25) is 0 Å². The first-order valence-corrected chi connectivity index (χ1v) is 12.3. The Morgan fingerprint density at radius 1 is 1.00 bits per heavy atom. The zero-order valence-corrected chi connectivity index (χ0v) is 20.3. The number of rotatable bonds is 6. The summed E-state index contributed by atoms with van der Waals surface area (Å²) in [6.45, 7) is 0.521. The molecule has 162 valence electrons. The van der Waals surface area contributed by atoms with Gasteiger partial charge in [0.15, 0.2) is 5.17 Å².